The number of nitrogens with zero attached hydrogens (tertiary/aromatic N) is 5. The van der Waals surface area contributed by atoms with Gasteiger partial charge in [0.15, 0.2) is 0 Å². The number of carbonyl (C=O) groups is 2. The number of hydrogen-bond acceptors (Lipinski definition) is 6. The van der Waals surface area contributed by atoms with Gasteiger partial charge in [-0.25, -0.2) is 10.0 Å². The van der Waals surface area contributed by atoms with Gasteiger partial charge in [-0.2, -0.15) is 10.2 Å². The second-order valence-corrected chi connectivity index (χ2v) is 10.6. The summed E-state index contributed by atoms with van der Waals surface area (Å²) >= 11 is 0. The first kappa shape index (κ1) is 26.9. The minimum absolute atomic E-state index is 0.0673. The average molecular weight is 538 g/mol. The van der Waals surface area contributed by atoms with Crippen molar-refractivity contribution in [3.05, 3.63) is 98.6 Å². The van der Waals surface area contributed by atoms with Gasteiger partial charge in [0.1, 0.15) is 0 Å². The predicted octanol–water partition coefficient (Wildman–Crippen LogP) is 5.99. The molecule has 5 rings (SSSR count). The van der Waals surface area contributed by atoms with Crippen molar-refractivity contribution in [3.63, 3.8) is 0 Å². The summed E-state index contributed by atoms with van der Waals surface area (Å²) in [5.74, 6) is -2.70. The molecule has 9 heteroatoms. The minimum Gasteiger partial charge on any atom is -0.272 e. The van der Waals surface area contributed by atoms with Gasteiger partial charge in [0.25, 0.3) is 17.5 Å². The van der Waals surface area contributed by atoms with E-state index in [1.54, 1.807) is 26.0 Å². The fraction of sp³-hybridized carbons (Fsp3) is 0.290. The van der Waals surface area contributed by atoms with Crippen LogP contribution in [-0.4, -0.2) is 28.2 Å². The van der Waals surface area contributed by atoms with Gasteiger partial charge in [0.2, 0.25) is 0 Å². The van der Waals surface area contributed by atoms with Gasteiger partial charge in [0, 0.05) is 29.5 Å². The summed E-state index contributed by atoms with van der Waals surface area (Å²) in [7, 11) is 0. The second kappa shape index (κ2) is 10.1. The highest BCUT2D eigenvalue weighted by Crippen LogP contribution is 2.43. The lowest BCUT2D eigenvalue weighted by Crippen LogP contribution is -2.40. The number of non-ortho nitro benzene ring substituents is 1. The van der Waals surface area contributed by atoms with Gasteiger partial charge in [-0.05, 0) is 93.6 Å². The van der Waals surface area contributed by atoms with E-state index in [2.05, 4.69) is 10.2 Å². The van der Waals surface area contributed by atoms with Gasteiger partial charge >= 0.3 is 0 Å². The lowest BCUT2D eigenvalue weighted by molar-refractivity contribution is -0.384. The molecule has 2 heterocycles. The maximum absolute atomic E-state index is 14.0. The van der Waals surface area contributed by atoms with Crippen LogP contribution in [0.2, 0.25) is 0 Å². The molecule has 2 aliphatic rings. The molecule has 9 nitrogen and oxygen atoms in total. The number of nitro benzene ring substituents is 1. The summed E-state index contributed by atoms with van der Waals surface area (Å²) in [5, 5.41) is 23.4. The van der Waals surface area contributed by atoms with Crippen molar-refractivity contribution in [1.29, 1.82) is 0 Å². The zero-order chi connectivity index (χ0) is 28.9. The number of nitro groups is 1. The molecule has 0 aliphatic carbocycles. The topological polar surface area (TPSA) is 108 Å². The monoisotopic (exact) mass is 537 g/mol. The van der Waals surface area contributed by atoms with Crippen molar-refractivity contribution in [3.8, 4) is 0 Å². The quantitative estimate of drug-likeness (QED) is 0.284. The van der Waals surface area contributed by atoms with E-state index in [1.165, 1.54) is 22.2 Å². The van der Waals surface area contributed by atoms with E-state index in [0.29, 0.717) is 28.4 Å². The number of aryl methyl sites for hydroxylation is 4. The largest absolute Gasteiger partial charge is 0.272 e. The predicted molar refractivity (Wildman–Crippen MR) is 156 cm³/mol. The Morgan fingerprint density at radius 2 is 1.10 bits per heavy atom. The van der Waals surface area contributed by atoms with Crippen molar-refractivity contribution in [1.82, 2.24) is 0 Å². The van der Waals surface area contributed by atoms with Crippen molar-refractivity contribution < 1.29 is 14.5 Å². The molecule has 2 atom stereocenters. The van der Waals surface area contributed by atoms with E-state index in [0.717, 1.165) is 22.3 Å². The van der Waals surface area contributed by atoms with Crippen LogP contribution in [-0.2, 0) is 9.59 Å². The van der Waals surface area contributed by atoms with Crippen LogP contribution < -0.4 is 10.0 Å². The molecular formula is C31H31N5O4. The molecule has 0 radical (unpaired) electrons. The van der Waals surface area contributed by atoms with Crippen molar-refractivity contribution in [2.24, 2.45) is 22.0 Å². The Morgan fingerprint density at radius 3 is 1.48 bits per heavy atom. The highest BCUT2D eigenvalue weighted by Gasteiger charge is 2.50. The van der Waals surface area contributed by atoms with Crippen molar-refractivity contribution in [2.75, 3.05) is 10.0 Å². The van der Waals surface area contributed by atoms with Crippen LogP contribution >= 0.6 is 0 Å². The Hall–Kier alpha value is -4.66. The molecule has 0 bridgehead atoms. The van der Waals surface area contributed by atoms with Crippen molar-refractivity contribution >= 4 is 40.3 Å². The lowest BCUT2D eigenvalue weighted by atomic mass is 9.73. The first-order chi connectivity index (χ1) is 19.0. The van der Waals surface area contributed by atoms with Crippen molar-refractivity contribution in [2.45, 2.75) is 47.5 Å². The molecule has 0 aromatic heterocycles. The lowest BCUT2D eigenvalue weighted by Gasteiger charge is -2.28. The molecule has 0 fully saturated rings. The van der Waals surface area contributed by atoms with Crippen LogP contribution in [0.15, 0.2) is 70.9 Å². The number of carbonyl (C=O) groups excluding carboxylic acids is 2. The molecule has 3 aromatic rings. The maximum Gasteiger partial charge on any atom is 0.269 e. The molecule has 204 valence electrons. The number of benzene rings is 3. The third-order valence-electron chi connectivity index (χ3n) is 8.04. The zero-order valence-electron chi connectivity index (χ0n) is 23.4. The standard InChI is InChI=1S/C31H31N5O4/c1-17-7-11-25(15-19(17)3)34-30(37)27(21(5)32-34)29(23-9-13-24(14-10-23)36(39)40)28-22(6)33-35(31(28)38)26-12-8-18(2)20(4)16-26/h7-16,27-29H,1-6H3/t27-,28-/m1/s1. The number of anilines is 2. The van der Waals surface area contributed by atoms with Crippen LogP contribution in [0.3, 0.4) is 0 Å². The number of hydrogen-bond donors (Lipinski definition) is 0. The number of hydrazone groups is 2. The molecule has 2 amide bonds. The summed E-state index contributed by atoms with van der Waals surface area (Å²) in [6, 6.07) is 17.5. The molecule has 0 spiro atoms. The number of rotatable bonds is 6. The van der Waals surface area contributed by atoms with E-state index in [1.807, 2.05) is 64.1 Å². The highest BCUT2D eigenvalue weighted by atomic mass is 16.6. The normalized spacial score (nSPS) is 19.0. The van der Waals surface area contributed by atoms with E-state index in [9.17, 15) is 19.7 Å². The van der Waals surface area contributed by atoms with E-state index in [4.69, 9.17) is 0 Å². The third kappa shape index (κ3) is 4.57. The summed E-state index contributed by atoms with van der Waals surface area (Å²) in [4.78, 5) is 39.0. The van der Waals surface area contributed by atoms with Crippen LogP contribution in [0.5, 0.6) is 0 Å². The summed E-state index contributed by atoms with van der Waals surface area (Å²) < 4.78 is 0. The summed E-state index contributed by atoms with van der Waals surface area (Å²) in [6.07, 6.45) is 0. The highest BCUT2D eigenvalue weighted by molar-refractivity contribution is 6.19. The van der Waals surface area contributed by atoms with Crippen LogP contribution in [0.4, 0.5) is 17.1 Å². The maximum atomic E-state index is 14.0. The smallest absolute Gasteiger partial charge is 0.269 e. The Bertz CT molecular complexity index is 1520. The zero-order valence-corrected chi connectivity index (χ0v) is 23.4. The van der Waals surface area contributed by atoms with E-state index >= 15 is 0 Å². The first-order valence-electron chi connectivity index (χ1n) is 13.1. The van der Waals surface area contributed by atoms with Crippen LogP contribution in [0.1, 0.15) is 47.6 Å². The molecule has 0 saturated carbocycles. The molecule has 40 heavy (non-hydrogen) atoms. The third-order valence-corrected chi connectivity index (χ3v) is 8.04. The van der Waals surface area contributed by atoms with Crippen LogP contribution in [0, 0.1) is 49.6 Å². The van der Waals surface area contributed by atoms with Gasteiger partial charge in [-0.3, -0.25) is 19.7 Å². The fourth-order valence-corrected chi connectivity index (χ4v) is 5.47. The summed E-state index contributed by atoms with van der Waals surface area (Å²) in [5.41, 5.74) is 7.27. The average Bonchev–Trinajstić information content (AvgIpc) is 3.38. The molecular weight excluding hydrogens is 506 g/mol. The Morgan fingerprint density at radius 1 is 0.675 bits per heavy atom. The number of amides is 2. The summed E-state index contributed by atoms with van der Waals surface area (Å²) in [6.45, 7) is 11.5. The molecule has 3 aromatic carbocycles. The van der Waals surface area contributed by atoms with E-state index in [-0.39, 0.29) is 17.5 Å². The molecule has 0 N–H and O–H groups in total. The van der Waals surface area contributed by atoms with E-state index < -0.39 is 22.7 Å². The van der Waals surface area contributed by atoms with Gasteiger partial charge in [0.05, 0.1) is 28.1 Å². The molecule has 0 unspecified atom stereocenters. The Balaban J connectivity index is 1.58. The SMILES string of the molecule is CC1=NN(c2ccc(C)c(C)c2)C(=O)[C@H]1C(c1ccc([N+](=O)[O-])cc1)[C@@H]1C(=O)N(c2ccc(C)c(C)c2)N=C1C. The van der Waals surface area contributed by atoms with Gasteiger partial charge in [-0.15, -0.1) is 0 Å². The molecule has 0 saturated heterocycles. The second-order valence-electron chi connectivity index (χ2n) is 10.6. The fourth-order valence-electron chi connectivity index (χ4n) is 5.47. The van der Waals surface area contributed by atoms with Gasteiger partial charge in [-0.1, -0.05) is 24.3 Å². The first-order valence-corrected chi connectivity index (χ1v) is 13.1. The van der Waals surface area contributed by atoms with Gasteiger partial charge < -0.3 is 0 Å². The Kier molecular flexibility index (Phi) is 6.83. The Labute approximate surface area is 233 Å². The van der Waals surface area contributed by atoms with Crippen LogP contribution in [0.25, 0.3) is 0 Å². The minimum atomic E-state index is -0.762. The molecule has 2 aliphatic heterocycles.